The lowest BCUT2D eigenvalue weighted by Gasteiger charge is -2.28. The minimum absolute atomic E-state index is 0. The van der Waals surface area contributed by atoms with Gasteiger partial charge in [0.2, 0.25) is 5.91 Å². The Hall–Kier alpha value is -0.0700. The summed E-state index contributed by atoms with van der Waals surface area (Å²) in [5, 5.41) is 6.46. The molecule has 0 aliphatic carbocycles. The monoisotopic (exact) mass is 340 g/mol. The highest BCUT2D eigenvalue weighted by Gasteiger charge is 2.29. The molecule has 0 aromatic heterocycles. The fraction of sp³-hybridized carbons (Fsp3) is 0.929. The standard InChI is InChI=1S/C14H28N4O.2ClH/c1-2-8-18-9-3-4-13(18)14(19)16-7-12-17-10-5-15-6-11-17;;/h13,15H,2-12H2,1H3,(H,16,19);2*1H. The number of likely N-dealkylation sites (tertiary alicyclic amines) is 1. The molecule has 126 valence electrons. The first-order chi connectivity index (χ1) is 9.31. The molecule has 2 saturated heterocycles. The van der Waals surface area contributed by atoms with E-state index in [0.717, 1.165) is 71.6 Å². The van der Waals surface area contributed by atoms with Crippen molar-refractivity contribution in [2.45, 2.75) is 32.2 Å². The Labute approximate surface area is 141 Å². The molecule has 5 nitrogen and oxygen atoms in total. The van der Waals surface area contributed by atoms with E-state index >= 15 is 0 Å². The maximum Gasteiger partial charge on any atom is 0.237 e. The highest BCUT2D eigenvalue weighted by Crippen LogP contribution is 2.17. The number of nitrogens with one attached hydrogen (secondary N) is 2. The summed E-state index contributed by atoms with van der Waals surface area (Å²) in [6, 6.07) is 0.128. The smallest absolute Gasteiger partial charge is 0.237 e. The van der Waals surface area contributed by atoms with Crippen LogP contribution < -0.4 is 10.6 Å². The minimum Gasteiger partial charge on any atom is -0.353 e. The van der Waals surface area contributed by atoms with E-state index in [2.05, 4.69) is 27.4 Å². The second-order valence-electron chi connectivity index (χ2n) is 5.58. The van der Waals surface area contributed by atoms with Gasteiger partial charge in [0.15, 0.2) is 0 Å². The molecule has 2 aliphatic heterocycles. The second kappa shape index (κ2) is 11.5. The summed E-state index contributed by atoms with van der Waals surface area (Å²) < 4.78 is 0. The molecule has 2 N–H and O–H groups in total. The fourth-order valence-electron chi connectivity index (χ4n) is 3.07. The van der Waals surface area contributed by atoms with Crippen molar-refractivity contribution in [3.8, 4) is 0 Å². The van der Waals surface area contributed by atoms with Gasteiger partial charge in [-0.15, -0.1) is 24.8 Å². The maximum absolute atomic E-state index is 12.2. The average molecular weight is 341 g/mol. The third kappa shape index (κ3) is 6.70. The van der Waals surface area contributed by atoms with Crippen molar-refractivity contribution < 1.29 is 4.79 Å². The molecule has 7 heteroatoms. The van der Waals surface area contributed by atoms with Crippen LogP contribution in [-0.2, 0) is 4.79 Å². The number of piperazine rings is 1. The first-order valence-corrected chi connectivity index (χ1v) is 7.76. The Bertz CT molecular complexity index is 288. The van der Waals surface area contributed by atoms with Crippen molar-refractivity contribution in [1.82, 2.24) is 20.4 Å². The van der Waals surface area contributed by atoms with Gasteiger partial charge >= 0.3 is 0 Å². The first kappa shape index (κ1) is 20.9. The third-order valence-corrected chi connectivity index (χ3v) is 4.11. The zero-order chi connectivity index (χ0) is 13.5. The van der Waals surface area contributed by atoms with Crippen LogP contribution >= 0.6 is 24.8 Å². The fourth-order valence-corrected chi connectivity index (χ4v) is 3.07. The molecule has 0 aromatic rings. The highest BCUT2D eigenvalue weighted by molar-refractivity contribution is 5.85. The van der Waals surface area contributed by atoms with Crippen LogP contribution in [0, 0.1) is 0 Å². The van der Waals surface area contributed by atoms with E-state index in [-0.39, 0.29) is 36.8 Å². The summed E-state index contributed by atoms with van der Waals surface area (Å²) in [5.41, 5.74) is 0. The van der Waals surface area contributed by atoms with E-state index in [1.165, 1.54) is 0 Å². The van der Waals surface area contributed by atoms with Gasteiger partial charge in [0.1, 0.15) is 0 Å². The van der Waals surface area contributed by atoms with E-state index in [0.29, 0.717) is 0 Å². The molecule has 2 aliphatic rings. The summed E-state index contributed by atoms with van der Waals surface area (Å²) >= 11 is 0. The summed E-state index contributed by atoms with van der Waals surface area (Å²) in [4.78, 5) is 16.9. The molecule has 2 heterocycles. The summed E-state index contributed by atoms with van der Waals surface area (Å²) in [6.07, 6.45) is 3.32. The molecular weight excluding hydrogens is 311 g/mol. The first-order valence-electron chi connectivity index (χ1n) is 7.76. The summed E-state index contributed by atoms with van der Waals surface area (Å²) in [5.74, 6) is 0.237. The molecule has 0 saturated carbocycles. The Morgan fingerprint density at radius 2 is 1.90 bits per heavy atom. The van der Waals surface area contributed by atoms with Crippen molar-refractivity contribution in [1.29, 1.82) is 0 Å². The van der Waals surface area contributed by atoms with E-state index in [1.807, 2.05) is 0 Å². The van der Waals surface area contributed by atoms with Gasteiger partial charge in [-0.05, 0) is 32.4 Å². The van der Waals surface area contributed by atoms with Gasteiger partial charge in [0, 0.05) is 39.3 Å². The molecule has 1 amide bonds. The number of nitrogens with zero attached hydrogens (tertiary/aromatic N) is 2. The molecule has 0 bridgehead atoms. The van der Waals surface area contributed by atoms with Crippen LogP contribution in [0.5, 0.6) is 0 Å². The van der Waals surface area contributed by atoms with Crippen LogP contribution in [0.15, 0.2) is 0 Å². The number of halogens is 2. The molecule has 2 rings (SSSR count). The summed E-state index contributed by atoms with van der Waals surface area (Å²) in [7, 11) is 0. The van der Waals surface area contributed by atoms with E-state index < -0.39 is 0 Å². The lowest BCUT2D eigenvalue weighted by Crippen LogP contribution is -2.48. The van der Waals surface area contributed by atoms with Crippen LogP contribution in [0.25, 0.3) is 0 Å². The van der Waals surface area contributed by atoms with Gasteiger partial charge in [0.25, 0.3) is 0 Å². The van der Waals surface area contributed by atoms with Crippen LogP contribution in [0.2, 0.25) is 0 Å². The topological polar surface area (TPSA) is 47.6 Å². The number of carbonyl (C=O) groups is 1. The van der Waals surface area contributed by atoms with Crippen LogP contribution in [0.1, 0.15) is 26.2 Å². The number of hydrogen-bond acceptors (Lipinski definition) is 4. The molecule has 1 atom stereocenters. The van der Waals surface area contributed by atoms with Gasteiger partial charge < -0.3 is 10.6 Å². The lowest BCUT2D eigenvalue weighted by molar-refractivity contribution is -0.125. The number of carbonyl (C=O) groups excluding carboxylic acids is 1. The zero-order valence-corrected chi connectivity index (χ0v) is 14.6. The Morgan fingerprint density at radius 1 is 1.19 bits per heavy atom. The Balaban J connectivity index is 0.00000200. The van der Waals surface area contributed by atoms with E-state index in [4.69, 9.17) is 0 Å². The second-order valence-corrected chi connectivity index (χ2v) is 5.58. The average Bonchev–Trinajstić information content (AvgIpc) is 2.89. The molecule has 1 unspecified atom stereocenters. The Kier molecular flexibility index (Phi) is 11.5. The van der Waals surface area contributed by atoms with Gasteiger partial charge in [-0.2, -0.15) is 0 Å². The van der Waals surface area contributed by atoms with E-state index in [1.54, 1.807) is 0 Å². The van der Waals surface area contributed by atoms with E-state index in [9.17, 15) is 4.79 Å². The van der Waals surface area contributed by atoms with Crippen LogP contribution in [0.4, 0.5) is 0 Å². The highest BCUT2D eigenvalue weighted by atomic mass is 35.5. The maximum atomic E-state index is 12.2. The molecule has 2 fully saturated rings. The predicted octanol–water partition coefficient (Wildman–Crippen LogP) is 0.726. The zero-order valence-electron chi connectivity index (χ0n) is 13.0. The van der Waals surface area contributed by atoms with Crippen molar-refractivity contribution >= 4 is 30.7 Å². The number of rotatable bonds is 6. The van der Waals surface area contributed by atoms with Crippen molar-refractivity contribution in [2.24, 2.45) is 0 Å². The van der Waals surface area contributed by atoms with Crippen molar-refractivity contribution in [3.05, 3.63) is 0 Å². The number of hydrogen-bond donors (Lipinski definition) is 2. The van der Waals surface area contributed by atoms with Gasteiger partial charge in [-0.25, -0.2) is 0 Å². The lowest BCUT2D eigenvalue weighted by atomic mass is 10.2. The molecular formula is C14H30Cl2N4O. The quantitative estimate of drug-likeness (QED) is 0.748. The normalized spacial score (nSPS) is 23.2. The molecule has 0 radical (unpaired) electrons. The van der Waals surface area contributed by atoms with Gasteiger partial charge in [-0.1, -0.05) is 6.92 Å². The van der Waals surface area contributed by atoms with Crippen LogP contribution in [0.3, 0.4) is 0 Å². The SMILES string of the molecule is CCCN1CCCC1C(=O)NCCN1CCNCC1.Cl.Cl. The third-order valence-electron chi connectivity index (χ3n) is 4.11. The van der Waals surface area contributed by atoms with Crippen molar-refractivity contribution in [2.75, 3.05) is 52.4 Å². The Morgan fingerprint density at radius 3 is 2.57 bits per heavy atom. The van der Waals surface area contributed by atoms with Gasteiger partial charge in [0.05, 0.1) is 6.04 Å². The molecule has 0 aromatic carbocycles. The predicted molar refractivity (Wildman–Crippen MR) is 91.7 cm³/mol. The number of amides is 1. The van der Waals surface area contributed by atoms with Gasteiger partial charge in [-0.3, -0.25) is 14.6 Å². The minimum atomic E-state index is 0. The molecule has 0 spiro atoms. The largest absolute Gasteiger partial charge is 0.353 e. The summed E-state index contributed by atoms with van der Waals surface area (Å²) in [6.45, 7) is 10.4. The molecule has 21 heavy (non-hydrogen) atoms. The van der Waals surface area contributed by atoms with Crippen molar-refractivity contribution in [3.63, 3.8) is 0 Å². The van der Waals surface area contributed by atoms with Crippen LogP contribution in [-0.4, -0.2) is 74.1 Å².